The molecule has 2 saturated carbocycles. The van der Waals surface area contributed by atoms with Crippen LogP contribution in [-0.4, -0.2) is 94.8 Å². The highest BCUT2D eigenvalue weighted by Crippen LogP contribution is 2.44. The van der Waals surface area contributed by atoms with E-state index in [-0.39, 0.29) is 43.9 Å². The molecular formula is C47H60F6N11O7+. The topological polar surface area (TPSA) is 264 Å². The fraction of sp³-hybridized carbons (Fsp3) is 0.660. The van der Waals surface area contributed by atoms with Gasteiger partial charge in [0.1, 0.15) is 36.3 Å². The first-order chi connectivity index (χ1) is 33.1. The molecule has 4 aliphatic rings. The third-order valence-electron chi connectivity index (χ3n) is 13.4. The molecule has 9 atom stereocenters. The van der Waals surface area contributed by atoms with E-state index in [2.05, 4.69) is 43.6 Å². The predicted molar refractivity (Wildman–Crippen MR) is 236 cm³/mol. The lowest BCUT2D eigenvalue weighted by Gasteiger charge is -2.32. The Morgan fingerprint density at radius 2 is 1.32 bits per heavy atom. The maximum absolute atomic E-state index is 14.3. The third-order valence-corrected chi connectivity index (χ3v) is 13.4. The minimum absolute atomic E-state index is 0.0212. The van der Waals surface area contributed by atoms with Gasteiger partial charge in [0, 0.05) is 29.4 Å². The molecule has 386 valence electrons. The largest absolute Gasteiger partial charge is 0.471 e. The van der Waals surface area contributed by atoms with Crippen molar-refractivity contribution in [2.45, 2.75) is 167 Å². The summed E-state index contributed by atoms with van der Waals surface area (Å²) in [5, 5.41) is 41.7. The number of amides is 6. The predicted octanol–water partition coefficient (Wildman–Crippen LogP) is 3.49. The van der Waals surface area contributed by atoms with Gasteiger partial charge in [0.15, 0.2) is 18.4 Å². The van der Waals surface area contributed by atoms with Gasteiger partial charge in [-0.05, 0) is 60.8 Å². The van der Waals surface area contributed by atoms with Crippen LogP contribution in [0, 0.1) is 45.3 Å². The number of carbonyl (C=O) groups is 6. The normalized spacial score (nSPS) is 21.4. The Labute approximate surface area is 406 Å². The van der Waals surface area contributed by atoms with E-state index in [1.165, 1.54) is 47.7 Å². The first kappa shape index (κ1) is 54.0. The van der Waals surface area contributed by atoms with E-state index in [1.807, 2.05) is 10.8 Å². The van der Waals surface area contributed by atoms with Crippen LogP contribution >= 0.6 is 0 Å². The fourth-order valence-electron chi connectivity index (χ4n) is 9.20. The van der Waals surface area contributed by atoms with Crippen LogP contribution in [0.15, 0.2) is 18.6 Å². The molecule has 0 bridgehead atoms. The second-order valence-corrected chi connectivity index (χ2v) is 21.1. The Morgan fingerprint density at radius 3 is 1.86 bits per heavy atom. The van der Waals surface area contributed by atoms with Crippen molar-refractivity contribution in [1.29, 1.82) is 10.5 Å². The van der Waals surface area contributed by atoms with E-state index in [0.717, 1.165) is 36.8 Å². The van der Waals surface area contributed by atoms with Gasteiger partial charge in [-0.3, -0.25) is 33.9 Å². The highest BCUT2D eigenvalue weighted by atomic mass is 19.4. The Kier molecular flexibility index (Phi) is 16.1. The van der Waals surface area contributed by atoms with Crippen LogP contribution in [0.4, 0.5) is 26.3 Å². The van der Waals surface area contributed by atoms with Crippen molar-refractivity contribution in [2.75, 3.05) is 6.61 Å². The number of nitriles is 2. The van der Waals surface area contributed by atoms with Gasteiger partial charge in [-0.15, -0.1) is 0 Å². The number of carbonyl (C=O) groups excluding carboxylic acids is 6. The van der Waals surface area contributed by atoms with Crippen molar-refractivity contribution < 1.29 is 64.4 Å². The molecule has 18 nitrogen and oxygen atoms in total. The van der Waals surface area contributed by atoms with E-state index in [1.54, 1.807) is 16.8 Å². The SMILES string of the molecule is CC(C)(C)C(NC(=O)C(F)(F)F)C(=O)NC(CC1CC1)C(=O)NC(C#N)c1c[n+](C2CC2CC(NC(=O)C(NC(=O)C(F)(F)F)C(C)(C)C)C(=O)NC(C#N)C2COCc3[nH]ncc32)cc2c1CCCC2. The number of alkyl halides is 6. The third kappa shape index (κ3) is 13.6. The zero-order valence-corrected chi connectivity index (χ0v) is 40.2. The van der Waals surface area contributed by atoms with Crippen molar-refractivity contribution >= 4 is 35.4 Å². The number of nitrogens with zero attached hydrogens (tertiary/aromatic N) is 4. The quantitative estimate of drug-likeness (QED) is 0.0897. The van der Waals surface area contributed by atoms with Gasteiger partial charge in [0.05, 0.1) is 42.8 Å². The molecule has 2 aromatic rings. The fourth-order valence-corrected chi connectivity index (χ4v) is 9.20. The summed E-state index contributed by atoms with van der Waals surface area (Å²) < 4.78 is 87.6. The van der Waals surface area contributed by atoms with Crippen molar-refractivity contribution in [3.8, 4) is 12.1 Å². The number of ether oxygens (including phenoxy) is 1. The number of halogens is 6. The van der Waals surface area contributed by atoms with Gasteiger partial charge in [0.2, 0.25) is 23.6 Å². The zero-order valence-electron chi connectivity index (χ0n) is 40.2. The number of hydrogen-bond donors (Lipinski definition) is 7. The number of pyridine rings is 1. The smallest absolute Gasteiger partial charge is 0.374 e. The molecule has 6 rings (SSSR count). The van der Waals surface area contributed by atoms with Gasteiger partial charge in [0.25, 0.3) is 0 Å². The minimum atomic E-state index is -5.32. The zero-order chi connectivity index (χ0) is 52.4. The number of aromatic amines is 1. The van der Waals surface area contributed by atoms with Gasteiger partial charge in [-0.1, -0.05) is 54.4 Å². The number of aromatic nitrogens is 3. The summed E-state index contributed by atoms with van der Waals surface area (Å²) in [6.07, 6.45) is -0.776. The van der Waals surface area contributed by atoms with Crippen molar-refractivity contribution in [3.05, 3.63) is 46.5 Å². The van der Waals surface area contributed by atoms with E-state index in [9.17, 15) is 65.6 Å². The number of H-pyrrole nitrogens is 1. The molecule has 0 saturated heterocycles. The average Bonchev–Trinajstić information content (AvgIpc) is 4.21. The van der Waals surface area contributed by atoms with Crippen LogP contribution in [0.25, 0.3) is 0 Å². The minimum Gasteiger partial charge on any atom is -0.374 e. The van der Waals surface area contributed by atoms with Crippen LogP contribution in [0.5, 0.6) is 0 Å². The molecule has 3 aliphatic carbocycles. The van der Waals surface area contributed by atoms with Gasteiger partial charge in [-0.2, -0.15) is 42.0 Å². The first-order valence-corrected chi connectivity index (χ1v) is 23.5. The molecule has 7 N–H and O–H groups in total. The molecule has 9 unspecified atom stereocenters. The number of aryl methyl sites for hydroxylation is 1. The van der Waals surface area contributed by atoms with Crippen molar-refractivity contribution in [3.63, 3.8) is 0 Å². The standard InChI is InChI=1S/C47H59F6N11O7/c1-44(2,3)36(61-42(69)46(48,49)50)40(67)57-30(13-23-11-12-23)38(65)59-32(16-54)28-20-64(19-24-9-7-8-10-26(24)28)35-15-25(35)14-31(58-41(68)37(45(4,5)6)62-43(70)47(51,52)53)39(66)60-33(17-55)29-21-71-22-34-27(29)18-56-63-34/h18-20,23,25,29-33,35-37H,7-15,21-22H2,1-6H3,(H6-,56,57,58,59,60,61,62,63,65,66,67,68,69,70)/p+1. The molecular weight excluding hydrogens is 945 g/mol. The number of fused-ring (bicyclic) bond motifs is 2. The number of rotatable bonds is 17. The molecule has 2 aromatic heterocycles. The Balaban J connectivity index is 1.25. The summed E-state index contributed by atoms with van der Waals surface area (Å²) in [7, 11) is 0. The summed E-state index contributed by atoms with van der Waals surface area (Å²) in [4.78, 5) is 79.9. The van der Waals surface area contributed by atoms with E-state index in [4.69, 9.17) is 4.74 Å². The summed E-state index contributed by atoms with van der Waals surface area (Å²) in [6, 6.07) is -4.75. The van der Waals surface area contributed by atoms with Crippen LogP contribution in [0.1, 0.15) is 132 Å². The van der Waals surface area contributed by atoms with Crippen molar-refractivity contribution in [2.24, 2.45) is 22.7 Å². The van der Waals surface area contributed by atoms with Crippen LogP contribution in [-0.2, 0) is 53.0 Å². The van der Waals surface area contributed by atoms with Crippen LogP contribution in [0.3, 0.4) is 0 Å². The monoisotopic (exact) mass is 1000 g/mol. The lowest BCUT2D eigenvalue weighted by molar-refractivity contribution is -0.704. The maximum Gasteiger partial charge on any atom is 0.471 e. The second kappa shape index (κ2) is 21.2. The van der Waals surface area contributed by atoms with Gasteiger partial charge >= 0.3 is 24.2 Å². The molecule has 3 heterocycles. The molecule has 24 heteroatoms. The lowest BCUT2D eigenvalue weighted by atomic mass is 9.85. The first-order valence-electron chi connectivity index (χ1n) is 23.5. The molecule has 0 spiro atoms. The van der Waals surface area contributed by atoms with Gasteiger partial charge < -0.3 is 36.6 Å². The molecule has 2 fully saturated rings. The Morgan fingerprint density at radius 1 is 0.761 bits per heavy atom. The Hall–Kier alpha value is -6.30. The molecule has 0 aromatic carbocycles. The lowest BCUT2D eigenvalue weighted by Crippen LogP contribution is -2.60. The number of nitrogens with one attached hydrogen (secondary N) is 7. The second-order valence-electron chi connectivity index (χ2n) is 21.1. The highest BCUT2D eigenvalue weighted by Gasteiger charge is 2.51. The Bertz CT molecular complexity index is 2450. The molecule has 0 radical (unpaired) electrons. The molecule has 1 aliphatic heterocycles. The summed E-state index contributed by atoms with van der Waals surface area (Å²) in [6.45, 7) is 8.92. The van der Waals surface area contributed by atoms with E-state index < -0.39 is 101 Å². The van der Waals surface area contributed by atoms with Crippen LogP contribution < -0.4 is 36.5 Å². The van der Waals surface area contributed by atoms with E-state index >= 15 is 0 Å². The average molecular weight is 1010 g/mol. The molecule has 71 heavy (non-hydrogen) atoms. The number of hydrogen-bond acceptors (Lipinski definition) is 10. The van der Waals surface area contributed by atoms with Crippen LogP contribution in [0.2, 0.25) is 0 Å². The molecule has 6 amide bonds. The van der Waals surface area contributed by atoms with Crippen molar-refractivity contribution in [1.82, 2.24) is 42.1 Å². The summed E-state index contributed by atoms with van der Waals surface area (Å²) >= 11 is 0. The highest BCUT2D eigenvalue weighted by molar-refractivity contribution is 5.95. The van der Waals surface area contributed by atoms with E-state index in [0.29, 0.717) is 36.1 Å². The summed E-state index contributed by atoms with van der Waals surface area (Å²) in [5.74, 6) is -9.38. The van der Waals surface area contributed by atoms with Gasteiger partial charge in [-0.25, -0.2) is 4.57 Å². The maximum atomic E-state index is 14.3. The summed E-state index contributed by atoms with van der Waals surface area (Å²) in [5.41, 5.74) is 0.907.